The van der Waals surface area contributed by atoms with Crippen LogP contribution in [0.5, 0.6) is 0 Å². The highest BCUT2D eigenvalue weighted by atomic mass is 19.4. The van der Waals surface area contributed by atoms with Crippen LogP contribution in [0.2, 0.25) is 0 Å². The van der Waals surface area contributed by atoms with Crippen LogP contribution in [0.3, 0.4) is 0 Å². The minimum Gasteiger partial charge on any atom is -0.478 e. The molecule has 2 nitrogen and oxygen atoms in total. The van der Waals surface area contributed by atoms with Crippen LogP contribution in [-0.4, -0.2) is 17.3 Å². The molecule has 0 spiro atoms. The first kappa shape index (κ1) is 14.4. The average Bonchev–Trinajstić information content (AvgIpc) is 2.38. The molecule has 0 amide bonds. The van der Waals surface area contributed by atoms with E-state index in [1.807, 2.05) is 0 Å². The SMILES string of the molecule is CC1(C(F)(F)F)C=CC(c2ccccc2)=C(C(=O)O)C1. The number of carboxylic acids is 1. The summed E-state index contributed by atoms with van der Waals surface area (Å²) in [5.41, 5.74) is -1.41. The molecule has 1 aromatic rings. The third kappa shape index (κ3) is 2.48. The predicted molar refractivity (Wildman–Crippen MR) is 68.9 cm³/mol. The highest BCUT2D eigenvalue weighted by Gasteiger charge is 2.51. The maximum Gasteiger partial charge on any atom is 0.397 e. The second-order valence-electron chi connectivity index (χ2n) is 4.99. The van der Waals surface area contributed by atoms with E-state index >= 15 is 0 Å². The monoisotopic (exact) mass is 282 g/mol. The fraction of sp³-hybridized carbons (Fsp3) is 0.267. The predicted octanol–water partition coefficient (Wildman–Crippen LogP) is 4.05. The van der Waals surface area contributed by atoms with Crippen molar-refractivity contribution in [3.63, 3.8) is 0 Å². The molecule has 0 saturated carbocycles. The van der Waals surface area contributed by atoms with Gasteiger partial charge in [0.15, 0.2) is 0 Å². The Labute approximate surface area is 114 Å². The molecule has 0 fully saturated rings. The van der Waals surface area contributed by atoms with Crippen molar-refractivity contribution in [3.8, 4) is 0 Å². The summed E-state index contributed by atoms with van der Waals surface area (Å²) < 4.78 is 39.1. The number of hydrogen-bond acceptors (Lipinski definition) is 1. The van der Waals surface area contributed by atoms with Crippen molar-refractivity contribution < 1.29 is 23.1 Å². The third-order valence-corrected chi connectivity index (χ3v) is 3.48. The summed E-state index contributed by atoms with van der Waals surface area (Å²) in [6, 6.07) is 8.55. The molecule has 1 N–H and O–H groups in total. The molecule has 0 bridgehead atoms. The first-order valence-electron chi connectivity index (χ1n) is 6.02. The molecule has 106 valence electrons. The lowest BCUT2D eigenvalue weighted by Crippen LogP contribution is -2.36. The number of aliphatic carboxylic acids is 1. The van der Waals surface area contributed by atoms with E-state index in [1.165, 1.54) is 6.08 Å². The molecule has 1 unspecified atom stereocenters. The van der Waals surface area contributed by atoms with Crippen LogP contribution < -0.4 is 0 Å². The average molecular weight is 282 g/mol. The number of carboxylic acid groups (broad SMARTS) is 1. The summed E-state index contributed by atoms with van der Waals surface area (Å²) in [5, 5.41) is 9.21. The van der Waals surface area contributed by atoms with Gasteiger partial charge in [-0.3, -0.25) is 0 Å². The Balaban J connectivity index is 2.50. The van der Waals surface area contributed by atoms with E-state index in [-0.39, 0.29) is 5.57 Å². The number of allylic oxidation sites excluding steroid dienone is 3. The smallest absolute Gasteiger partial charge is 0.397 e. The van der Waals surface area contributed by atoms with E-state index in [2.05, 4.69) is 0 Å². The largest absolute Gasteiger partial charge is 0.478 e. The molecule has 0 aliphatic heterocycles. The Morgan fingerprint density at radius 1 is 1.25 bits per heavy atom. The molecule has 0 radical (unpaired) electrons. The van der Waals surface area contributed by atoms with E-state index in [0.717, 1.165) is 13.0 Å². The maximum absolute atomic E-state index is 13.0. The van der Waals surface area contributed by atoms with Gasteiger partial charge in [0, 0.05) is 5.57 Å². The Morgan fingerprint density at radius 3 is 2.35 bits per heavy atom. The number of benzene rings is 1. The van der Waals surface area contributed by atoms with E-state index in [4.69, 9.17) is 0 Å². The summed E-state index contributed by atoms with van der Waals surface area (Å²) >= 11 is 0. The summed E-state index contributed by atoms with van der Waals surface area (Å²) in [7, 11) is 0. The van der Waals surface area contributed by atoms with E-state index in [1.54, 1.807) is 30.3 Å². The lowest BCUT2D eigenvalue weighted by molar-refractivity contribution is -0.200. The van der Waals surface area contributed by atoms with Crippen molar-refractivity contribution in [2.45, 2.75) is 19.5 Å². The fourth-order valence-corrected chi connectivity index (χ4v) is 2.16. The Kier molecular flexibility index (Phi) is 3.46. The zero-order chi connectivity index (χ0) is 15.0. The molecule has 0 aromatic heterocycles. The highest BCUT2D eigenvalue weighted by Crippen LogP contribution is 2.48. The van der Waals surface area contributed by atoms with Crippen LogP contribution in [0.1, 0.15) is 18.9 Å². The zero-order valence-corrected chi connectivity index (χ0v) is 10.7. The molecule has 0 saturated heterocycles. The summed E-state index contributed by atoms with van der Waals surface area (Å²) in [6.07, 6.45) is -2.74. The van der Waals surface area contributed by atoms with Crippen molar-refractivity contribution in [1.29, 1.82) is 0 Å². The topological polar surface area (TPSA) is 37.3 Å². The van der Waals surface area contributed by atoms with E-state index < -0.39 is 24.0 Å². The number of carbonyl (C=O) groups is 1. The van der Waals surface area contributed by atoms with Crippen molar-refractivity contribution in [2.24, 2.45) is 5.41 Å². The van der Waals surface area contributed by atoms with Crippen molar-refractivity contribution in [2.75, 3.05) is 0 Å². The first-order valence-corrected chi connectivity index (χ1v) is 6.02. The van der Waals surface area contributed by atoms with Crippen molar-refractivity contribution in [1.82, 2.24) is 0 Å². The van der Waals surface area contributed by atoms with Gasteiger partial charge in [-0.25, -0.2) is 4.79 Å². The van der Waals surface area contributed by atoms with Gasteiger partial charge in [0.2, 0.25) is 0 Å². The van der Waals surface area contributed by atoms with Gasteiger partial charge in [-0.15, -0.1) is 0 Å². The Hall–Kier alpha value is -2.04. The van der Waals surface area contributed by atoms with Crippen LogP contribution >= 0.6 is 0 Å². The Bertz CT molecular complexity index is 585. The zero-order valence-electron chi connectivity index (χ0n) is 10.7. The van der Waals surface area contributed by atoms with E-state index in [0.29, 0.717) is 11.1 Å². The summed E-state index contributed by atoms with van der Waals surface area (Å²) in [5.74, 6) is -1.32. The number of alkyl halides is 3. The van der Waals surface area contributed by atoms with Gasteiger partial charge in [0.25, 0.3) is 0 Å². The van der Waals surface area contributed by atoms with Gasteiger partial charge in [0.1, 0.15) is 0 Å². The van der Waals surface area contributed by atoms with Crippen molar-refractivity contribution >= 4 is 11.5 Å². The molecular formula is C15H13F3O2. The van der Waals surface area contributed by atoms with Crippen LogP contribution in [0, 0.1) is 5.41 Å². The fourth-order valence-electron chi connectivity index (χ4n) is 2.16. The molecule has 1 aliphatic carbocycles. The van der Waals surface area contributed by atoms with Gasteiger partial charge in [-0.05, 0) is 24.5 Å². The molecule has 2 rings (SSSR count). The van der Waals surface area contributed by atoms with Gasteiger partial charge >= 0.3 is 12.1 Å². The highest BCUT2D eigenvalue weighted by molar-refractivity contribution is 5.99. The minimum absolute atomic E-state index is 0.210. The number of halogens is 3. The van der Waals surface area contributed by atoms with Gasteiger partial charge in [0.05, 0.1) is 5.41 Å². The van der Waals surface area contributed by atoms with E-state index in [9.17, 15) is 23.1 Å². The molecule has 1 aliphatic rings. The minimum atomic E-state index is -4.48. The number of hydrogen-bond donors (Lipinski definition) is 1. The van der Waals surface area contributed by atoms with Gasteiger partial charge in [-0.2, -0.15) is 13.2 Å². The normalized spacial score (nSPS) is 23.0. The Morgan fingerprint density at radius 2 is 1.85 bits per heavy atom. The van der Waals surface area contributed by atoms with Crippen LogP contribution in [0.25, 0.3) is 5.57 Å². The molecule has 5 heteroatoms. The van der Waals surface area contributed by atoms with Crippen molar-refractivity contribution in [3.05, 3.63) is 53.6 Å². The molecule has 1 aromatic carbocycles. The van der Waals surface area contributed by atoms with Crippen LogP contribution in [-0.2, 0) is 4.79 Å². The van der Waals surface area contributed by atoms with Gasteiger partial charge in [-0.1, -0.05) is 42.5 Å². The second-order valence-corrected chi connectivity index (χ2v) is 4.99. The van der Waals surface area contributed by atoms with Crippen LogP contribution in [0.15, 0.2) is 48.1 Å². The maximum atomic E-state index is 13.0. The third-order valence-electron chi connectivity index (χ3n) is 3.48. The van der Waals surface area contributed by atoms with Gasteiger partial charge < -0.3 is 5.11 Å². The summed E-state index contributed by atoms with van der Waals surface area (Å²) in [6.45, 7) is 1.01. The molecule has 1 atom stereocenters. The first-order chi connectivity index (χ1) is 9.24. The lowest BCUT2D eigenvalue weighted by atomic mass is 9.76. The van der Waals surface area contributed by atoms with Crippen LogP contribution in [0.4, 0.5) is 13.2 Å². The second kappa shape index (κ2) is 4.81. The lowest BCUT2D eigenvalue weighted by Gasteiger charge is -2.32. The quantitative estimate of drug-likeness (QED) is 0.888. The standard InChI is InChI=1S/C15H13F3O2/c1-14(15(16,17)18)8-7-11(12(9-14)13(19)20)10-5-3-2-4-6-10/h2-8H,9H2,1H3,(H,19,20). The molecular weight excluding hydrogens is 269 g/mol. The number of rotatable bonds is 2. The summed E-state index contributed by atoms with van der Waals surface area (Å²) in [4.78, 5) is 11.3. The molecule has 20 heavy (non-hydrogen) atoms. The molecule has 0 heterocycles.